The zero-order valence-corrected chi connectivity index (χ0v) is 17.8. The minimum absolute atomic E-state index is 0.0695. The number of ether oxygens (including phenoxy) is 2. The lowest BCUT2D eigenvalue weighted by Gasteiger charge is -2.27. The van der Waals surface area contributed by atoms with Crippen LogP contribution in [0.3, 0.4) is 0 Å². The smallest absolute Gasteiger partial charge is 0.242 e. The largest absolute Gasteiger partial charge is 0.493 e. The molecule has 1 amide bonds. The van der Waals surface area contributed by atoms with E-state index in [0.29, 0.717) is 25.7 Å². The maximum Gasteiger partial charge on any atom is 0.242 e. The molecular formula is C21H28N4O3S. The third kappa shape index (κ3) is 6.20. The molecule has 0 spiro atoms. The van der Waals surface area contributed by atoms with Gasteiger partial charge in [-0.3, -0.25) is 9.79 Å². The van der Waals surface area contributed by atoms with Gasteiger partial charge in [-0.05, 0) is 35.6 Å². The van der Waals surface area contributed by atoms with Crippen LogP contribution in [0.2, 0.25) is 0 Å². The number of anilines is 1. The number of aliphatic imine (C=N–C) groups is 1. The van der Waals surface area contributed by atoms with Crippen LogP contribution in [0.5, 0.6) is 5.75 Å². The van der Waals surface area contributed by atoms with Crippen LogP contribution in [-0.2, 0) is 22.5 Å². The average Bonchev–Trinajstić information content (AvgIpc) is 3.22. The van der Waals surface area contributed by atoms with Crippen molar-refractivity contribution in [3.8, 4) is 5.75 Å². The number of rotatable bonds is 8. The average molecular weight is 417 g/mol. The fourth-order valence-corrected chi connectivity index (χ4v) is 3.99. The number of amides is 1. The van der Waals surface area contributed by atoms with Crippen LogP contribution in [0, 0.1) is 0 Å². The Morgan fingerprint density at radius 3 is 3.03 bits per heavy atom. The summed E-state index contributed by atoms with van der Waals surface area (Å²) in [7, 11) is 3.36. The number of hydrogen-bond donors (Lipinski definition) is 2. The van der Waals surface area contributed by atoms with E-state index in [4.69, 9.17) is 9.47 Å². The predicted molar refractivity (Wildman–Crippen MR) is 117 cm³/mol. The van der Waals surface area contributed by atoms with Crippen molar-refractivity contribution in [1.82, 2.24) is 10.2 Å². The summed E-state index contributed by atoms with van der Waals surface area (Å²) in [5, 5.41) is 8.41. The highest BCUT2D eigenvalue weighted by atomic mass is 32.1. The van der Waals surface area contributed by atoms with E-state index >= 15 is 0 Å². The van der Waals surface area contributed by atoms with Gasteiger partial charge in [-0.15, -0.1) is 11.3 Å². The molecule has 0 fully saturated rings. The molecule has 156 valence electrons. The molecule has 0 saturated heterocycles. The number of nitrogens with one attached hydrogen (secondary N) is 2. The van der Waals surface area contributed by atoms with Crippen molar-refractivity contribution in [2.75, 3.05) is 45.8 Å². The highest BCUT2D eigenvalue weighted by molar-refractivity contribution is 7.10. The Bertz CT molecular complexity index is 837. The van der Waals surface area contributed by atoms with Gasteiger partial charge < -0.3 is 25.0 Å². The minimum atomic E-state index is 0.0695. The topological polar surface area (TPSA) is 75.2 Å². The number of fused-ring (bicyclic) bond motifs is 1. The van der Waals surface area contributed by atoms with E-state index in [1.807, 2.05) is 29.2 Å². The summed E-state index contributed by atoms with van der Waals surface area (Å²) in [5.74, 6) is 1.39. The van der Waals surface area contributed by atoms with E-state index in [-0.39, 0.29) is 12.5 Å². The first-order chi connectivity index (χ1) is 14.2. The second-order valence-corrected chi connectivity index (χ2v) is 7.71. The first-order valence-corrected chi connectivity index (χ1v) is 10.6. The molecule has 1 aliphatic rings. The van der Waals surface area contributed by atoms with Gasteiger partial charge in [0.2, 0.25) is 5.91 Å². The molecule has 0 saturated carbocycles. The molecule has 29 heavy (non-hydrogen) atoms. The fourth-order valence-electron chi connectivity index (χ4n) is 3.11. The maximum atomic E-state index is 12.6. The Morgan fingerprint density at radius 2 is 2.21 bits per heavy atom. The number of guanidine groups is 1. The lowest BCUT2D eigenvalue weighted by atomic mass is 10.1. The van der Waals surface area contributed by atoms with Gasteiger partial charge in [-0.1, -0.05) is 6.07 Å². The molecule has 0 atom stereocenters. The molecule has 7 nitrogen and oxygen atoms in total. The second kappa shape index (κ2) is 10.8. The molecule has 2 aromatic rings. The molecule has 8 heteroatoms. The number of methoxy groups -OCH3 is 1. The molecule has 0 unspecified atom stereocenters. The Morgan fingerprint density at radius 1 is 1.31 bits per heavy atom. The molecule has 0 radical (unpaired) electrons. The molecule has 1 aliphatic heterocycles. The van der Waals surface area contributed by atoms with Crippen LogP contribution in [0.15, 0.2) is 40.7 Å². The van der Waals surface area contributed by atoms with Crippen LogP contribution >= 0.6 is 11.3 Å². The predicted octanol–water partition coefficient (Wildman–Crippen LogP) is 2.74. The zero-order valence-electron chi connectivity index (χ0n) is 16.9. The minimum Gasteiger partial charge on any atom is -0.493 e. The Labute approximate surface area is 175 Å². The molecule has 0 bridgehead atoms. The van der Waals surface area contributed by atoms with Gasteiger partial charge in [0.15, 0.2) is 5.96 Å². The van der Waals surface area contributed by atoms with Gasteiger partial charge in [0.05, 0.1) is 13.2 Å². The summed E-state index contributed by atoms with van der Waals surface area (Å²) in [5.41, 5.74) is 2.11. The fraction of sp³-hybridized carbons (Fsp3) is 0.429. The van der Waals surface area contributed by atoms with E-state index in [2.05, 4.69) is 27.1 Å². The van der Waals surface area contributed by atoms with Crippen LogP contribution in [0.25, 0.3) is 0 Å². The standard InChI is InChI=1S/C21H28N4O3S/c1-22-21(24-17-5-3-6-18(13-17)28-11-4-10-27-2)23-14-20(26)25-9-7-19-16(15-25)8-12-29-19/h3,5-6,8,12-13H,4,7,9-11,14-15H2,1-2H3,(H2,22,23,24). The first-order valence-electron chi connectivity index (χ1n) is 9.72. The first kappa shape index (κ1) is 21.1. The summed E-state index contributed by atoms with van der Waals surface area (Å²) < 4.78 is 10.8. The molecule has 2 N–H and O–H groups in total. The molecule has 0 aliphatic carbocycles. The van der Waals surface area contributed by atoms with E-state index in [0.717, 1.165) is 30.8 Å². The van der Waals surface area contributed by atoms with Crippen LogP contribution < -0.4 is 15.4 Å². The van der Waals surface area contributed by atoms with Crippen LogP contribution in [0.4, 0.5) is 5.69 Å². The number of thiophene rings is 1. The van der Waals surface area contributed by atoms with Crippen molar-refractivity contribution in [3.05, 3.63) is 46.2 Å². The van der Waals surface area contributed by atoms with Gasteiger partial charge >= 0.3 is 0 Å². The van der Waals surface area contributed by atoms with Crippen molar-refractivity contribution < 1.29 is 14.3 Å². The van der Waals surface area contributed by atoms with Crippen molar-refractivity contribution in [2.24, 2.45) is 4.99 Å². The normalized spacial score (nSPS) is 13.7. The Kier molecular flexibility index (Phi) is 7.89. The van der Waals surface area contributed by atoms with Gasteiger partial charge in [0.25, 0.3) is 0 Å². The number of benzene rings is 1. The van der Waals surface area contributed by atoms with Crippen LogP contribution in [-0.4, -0.2) is 57.2 Å². The quantitative estimate of drug-likeness (QED) is 0.393. The SMILES string of the molecule is CN=C(NCC(=O)N1CCc2sccc2C1)Nc1cccc(OCCCOC)c1. The zero-order chi connectivity index (χ0) is 20.5. The van der Waals surface area contributed by atoms with Gasteiger partial charge in [-0.2, -0.15) is 0 Å². The third-order valence-electron chi connectivity index (χ3n) is 4.65. The summed E-state index contributed by atoms with van der Waals surface area (Å²) in [6, 6.07) is 9.77. The van der Waals surface area contributed by atoms with Crippen LogP contribution in [0.1, 0.15) is 16.9 Å². The number of carbonyl (C=O) groups is 1. The van der Waals surface area contributed by atoms with E-state index in [9.17, 15) is 4.79 Å². The van der Waals surface area contributed by atoms with E-state index in [1.54, 1.807) is 25.5 Å². The molecular weight excluding hydrogens is 388 g/mol. The highest BCUT2D eigenvalue weighted by Gasteiger charge is 2.21. The van der Waals surface area contributed by atoms with Crippen molar-refractivity contribution >= 4 is 28.9 Å². The summed E-state index contributed by atoms with van der Waals surface area (Å²) in [4.78, 5) is 20.1. The maximum absolute atomic E-state index is 12.6. The number of nitrogens with zero attached hydrogens (tertiary/aromatic N) is 2. The van der Waals surface area contributed by atoms with Crippen molar-refractivity contribution in [2.45, 2.75) is 19.4 Å². The Balaban J connectivity index is 1.47. The third-order valence-corrected chi connectivity index (χ3v) is 5.67. The van der Waals surface area contributed by atoms with Gasteiger partial charge in [0, 0.05) is 56.9 Å². The monoisotopic (exact) mass is 416 g/mol. The van der Waals surface area contributed by atoms with Gasteiger partial charge in [0.1, 0.15) is 5.75 Å². The summed E-state index contributed by atoms with van der Waals surface area (Å²) in [6.45, 7) is 2.93. The summed E-state index contributed by atoms with van der Waals surface area (Å²) >= 11 is 1.77. The van der Waals surface area contributed by atoms with Gasteiger partial charge in [-0.25, -0.2) is 0 Å². The Hall–Kier alpha value is -2.58. The molecule has 1 aromatic heterocycles. The lowest BCUT2D eigenvalue weighted by molar-refractivity contribution is -0.130. The van der Waals surface area contributed by atoms with Crippen molar-refractivity contribution in [3.63, 3.8) is 0 Å². The lowest BCUT2D eigenvalue weighted by Crippen LogP contribution is -2.43. The summed E-state index contributed by atoms with van der Waals surface area (Å²) in [6.07, 6.45) is 1.77. The highest BCUT2D eigenvalue weighted by Crippen LogP contribution is 2.23. The molecule has 1 aromatic carbocycles. The molecule has 2 heterocycles. The molecule has 3 rings (SSSR count). The van der Waals surface area contributed by atoms with Crippen molar-refractivity contribution in [1.29, 1.82) is 0 Å². The van der Waals surface area contributed by atoms with E-state index < -0.39 is 0 Å². The van der Waals surface area contributed by atoms with E-state index in [1.165, 1.54) is 10.4 Å². The number of hydrogen-bond acceptors (Lipinski definition) is 5. The number of carbonyl (C=O) groups excluding carboxylic acids is 1. The second-order valence-electron chi connectivity index (χ2n) is 6.71.